The van der Waals surface area contributed by atoms with Crippen molar-refractivity contribution in [2.24, 2.45) is 5.92 Å². The third-order valence-electron chi connectivity index (χ3n) is 3.13. The Morgan fingerprint density at radius 2 is 1.55 bits per heavy atom. The van der Waals surface area contributed by atoms with Crippen molar-refractivity contribution < 1.29 is 19.1 Å². The summed E-state index contributed by atoms with van der Waals surface area (Å²) in [5.74, 6) is -1.16. The Morgan fingerprint density at radius 3 is 2.00 bits per heavy atom. The van der Waals surface area contributed by atoms with E-state index in [4.69, 9.17) is 4.74 Å². The second-order valence-electron chi connectivity index (χ2n) is 5.81. The second kappa shape index (κ2) is 7.73. The first-order valence-electron chi connectivity index (χ1n) is 7.35. The highest BCUT2D eigenvalue weighted by atomic mass is 16.5. The van der Waals surface area contributed by atoms with Crippen LogP contribution in [-0.4, -0.2) is 29.8 Å². The molecule has 1 atom stereocenters. The van der Waals surface area contributed by atoms with Crippen LogP contribution in [0.25, 0.3) is 0 Å². The summed E-state index contributed by atoms with van der Waals surface area (Å²) in [5, 5.41) is 2.68. The van der Waals surface area contributed by atoms with Gasteiger partial charge in [-0.15, -0.1) is 0 Å². The first-order valence-corrected chi connectivity index (χ1v) is 7.35. The van der Waals surface area contributed by atoms with Crippen LogP contribution in [0.15, 0.2) is 24.3 Å². The summed E-state index contributed by atoms with van der Waals surface area (Å²) < 4.78 is 5.14. The van der Waals surface area contributed by atoms with Crippen molar-refractivity contribution in [3.8, 4) is 0 Å². The number of esters is 1. The molecule has 0 aromatic heterocycles. The van der Waals surface area contributed by atoms with Crippen LogP contribution in [0.1, 0.15) is 55.3 Å². The lowest BCUT2D eigenvalue weighted by molar-refractivity contribution is -0.119. The minimum atomic E-state index is -0.582. The average molecular weight is 305 g/mol. The molecule has 120 valence electrons. The van der Waals surface area contributed by atoms with E-state index in [2.05, 4.69) is 5.32 Å². The van der Waals surface area contributed by atoms with E-state index in [0.717, 1.165) is 0 Å². The molecule has 5 heteroatoms. The quantitative estimate of drug-likeness (QED) is 0.820. The van der Waals surface area contributed by atoms with Gasteiger partial charge in [-0.1, -0.05) is 26.0 Å². The molecule has 0 aliphatic rings. The maximum absolute atomic E-state index is 12.4. The molecule has 1 rings (SSSR count). The highest BCUT2D eigenvalue weighted by Crippen LogP contribution is 2.13. The lowest BCUT2D eigenvalue weighted by Gasteiger charge is -2.20. The van der Waals surface area contributed by atoms with Crippen molar-refractivity contribution in [3.05, 3.63) is 35.4 Å². The molecule has 1 unspecified atom stereocenters. The fraction of sp³-hybridized carbons (Fsp3) is 0.471. The Bertz CT molecular complexity index is 564. The Labute approximate surface area is 131 Å². The molecule has 0 saturated carbocycles. The summed E-state index contributed by atoms with van der Waals surface area (Å²) in [6, 6.07) is 5.83. The number of ether oxygens (including phenoxy) is 1. The number of carbonyl (C=O) groups excluding carboxylic acids is 3. The van der Waals surface area contributed by atoms with Crippen molar-refractivity contribution in [2.45, 2.75) is 46.8 Å². The highest BCUT2D eigenvalue weighted by Gasteiger charge is 2.24. The molecule has 0 saturated heterocycles. The Balaban J connectivity index is 3.03. The number of amides is 1. The summed E-state index contributed by atoms with van der Waals surface area (Å²) >= 11 is 0. The van der Waals surface area contributed by atoms with E-state index in [-0.39, 0.29) is 28.9 Å². The van der Waals surface area contributed by atoms with E-state index in [1.165, 1.54) is 13.0 Å². The highest BCUT2D eigenvalue weighted by molar-refractivity contribution is 6.06. The number of hydrogen-bond acceptors (Lipinski definition) is 4. The molecule has 1 amide bonds. The van der Waals surface area contributed by atoms with Gasteiger partial charge in [0.25, 0.3) is 5.91 Å². The van der Waals surface area contributed by atoms with Gasteiger partial charge in [0, 0.05) is 0 Å². The van der Waals surface area contributed by atoms with E-state index in [0.29, 0.717) is 0 Å². The van der Waals surface area contributed by atoms with Crippen LogP contribution < -0.4 is 5.32 Å². The zero-order valence-corrected chi connectivity index (χ0v) is 13.7. The molecular weight excluding hydrogens is 282 g/mol. The number of nitrogens with one attached hydrogen (secondary N) is 1. The molecule has 22 heavy (non-hydrogen) atoms. The molecule has 1 aromatic carbocycles. The maximum atomic E-state index is 12.4. The van der Waals surface area contributed by atoms with Crippen LogP contribution in [0, 0.1) is 5.92 Å². The van der Waals surface area contributed by atoms with Crippen molar-refractivity contribution in [1.29, 1.82) is 0 Å². The topological polar surface area (TPSA) is 72.5 Å². The first kappa shape index (κ1) is 17.9. The lowest BCUT2D eigenvalue weighted by atomic mass is 9.99. The van der Waals surface area contributed by atoms with Gasteiger partial charge in [-0.3, -0.25) is 9.59 Å². The van der Waals surface area contributed by atoms with Crippen LogP contribution >= 0.6 is 0 Å². The number of Topliss-reactive ketones (excluding diaryl/α,β-unsaturated/α-hetero) is 1. The molecule has 0 heterocycles. The minimum Gasteiger partial charge on any atom is -0.459 e. The number of benzene rings is 1. The van der Waals surface area contributed by atoms with Crippen LogP contribution in [0.4, 0.5) is 0 Å². The fourth-order valence-electron chi connectivity index (χ4n) is 2.09. The summed E-state index contributed by atoms with van der Waals surface area (Å²) in [6.07, 6.45) is -0.274. The normalized spacial score (nSPS) is 12.1. The summed E-state index contributed by atoms with van der Waals surface area (Å²) in [6.45, 7) is 8.62. The predicted octanol–water partition coefficient (Wildman–Crippen LogP) is 2.60. The van der Waals surface area contributed by atoms with Crippen molar-refractivity contribution in [3.63, 3.8) is 0 Å². The first-order chi connectivity index (χ1) is 10.2. The van der Waals surface area contributed by atoms with Gasteiger partial charge in [0.15, 0.2) is 5.78 Å². The van der Waals surface area contributed by atoms with Gasteiger partial charge in [-0.2, -0.15) is 0 Å². The van der Waals surface area contributed by atoms with Crippen LogP contribution in [-0.2, 0) is 9.53 Å². The Hall–Kier alpha value is -2.17. The van der Waals surface area contributed by atoms with Crippen LogP contribution in [0.5, 0.6) is 0 Å². The Morgan fingerprint density at radius 1 is 1.00 bits per heavy atom. The van der Waals surface area contributed by atoms with Crippen molar-refractivity contribution in [1.82, 2.24) is 5.32 Å². The zero-order valence-electron chi connectivity index (χ0n) is 13.7. The standard InChI is InChI=1S/C17H23NO4/c1-10(2)15(12(5)19)18-16(20)13-8-6-7-9-14(13)17(21)22-11(3)4/h6-11,15H,1-5H3,(H,18,20). The van der Waals surface area contributed by atoms with E-state index in [1.54, 1.807) is 32.0 Å². The van der Waals surface area contributed by atoms with Crippen molar-refractivity contribution in [2.75, 3.05) is 0 Å². The monoisotopic (exact) mass is 305 g/mol. The molecule has 0 spiro atoms. The van der Waals surface area contributed by atoms with Crippen LogP contribution in [0.2, 0.25) is 0 Å². The molecule has 0 fully saturated rings. The molecule has 0 aliphatic carbocycles. The number of ketones is 1. The van der Waals surface area contributed by atoms with E-state index < -0.39 is 17.9 Å². The third kappa shape index (κ3) is 4.69. The van der Waals surface area contributed by atoms with Gasteiger partial charge in [0.05, 0.1) is 23.3 Å². The lowest BCUT2D eigenvalue weighted by Crippen LogP contribution is -2.43. The van der Waals surface area contributed by atoms with Crippen LogP contribution in [0.3, 0.4) is 0 Å². The van der Waals surface area contributed by atoms with E-state index >= 15 is 0 Å². The number of hydrogen-bond donors (Lipinski definition) is 1. The molecular formula is C17H23NO4. The van der Waals surface area contributed by atoms with E-state index in [1.807, 2.05) is 13.8 Å². The van der Waals surface area contributed by atoms with Gasteiger partial charge >= 0.3 is 5.97 Å². The molecule has 0 bridgehead atoms. The van der Waals surface area contributed by atoms with Gasteiger partial charge in [-0.25, -0.2) is 4.79 Å². The summed E-state index contributed by atoms with van der Waals surface area (Å²) in [5.41, 5.74) is 0.403. The summed E-state index contributed by atoms with van der Waals surface area (Å²) in [7, 11) is 0. The van der Waals surface area contributed by atoms with Crippen molar-refractivity contribution >= 4 is 17.7 Å². The minimum absolute atomic E-state index is 0.0313. The third-order valence-corrected chi connectivity index (χ3v) is 3.13. The molecule has 1 aromatic rings. The van der Waals surface area contributed by atoms with Gasteiger partial charge in [0.2, 0.25) is 0 Å². The smallest absolute Gasteiger partial charge is 0.339 e. The summed E-state index contributed by atoms with van der Waals surface area (Å²) in [4.78, 5) is 36.1. The van der Waals surface area contributed by atoms with Gasteiger partial charge in [-0.05, 0) is 38.8 Å². The van der Waals surface area contributed by atoms with E-state index in [9.17, 15) is 14.4 Å². The fourth-order valence-corrected chi connectivity index (χ4v) is 2.09. The largest absolute Gasteiger partial charge is 0.459 e. The molecule has 1 N–H and O–H groups in total. The zero-order chi connectivity index (χ0) is 16.9. The maximum Gasteiger partial charge on any atom is 0.339 e. The number of carbonyl (C=O) groups is 3. The molecule has 0 aliphatic heterocycles. The predicted molar refractivity (Wildman–Crippen MR) is 83.8 cm³/mol. The average Bonchev–Trinajstić information content (AvgIpc) is 2.43. The van der Waals surface area contributed by atoms with Gasteiger partial charge < -0.3 is 10.1 Å². The number of rotatable bonds is 6. The molecule has 5 nitrogen and oxygen atoms in total. The molecule has 0 radical (unpaired) electrons. The SMILES string of the molecule is CC(=O)C(NC(=O)c1ccccc1C(=O)OC(C)C)C(C)C. The Kier molecular flexibility index (Phi) is 6.28. The van der Waals surface area contributed by atoms with Gasteiger partial charge in [0.1, 0.15) is 0 Å². The second-order valence-corrected chi connectivity index (χ2v) is 5.81.